The normalized spacial score (nSPS) is 15.9. The predicted octanol–water partition coefficient (Wildman–Crippen LogP) is 1.02. The smallest absolute Gasteiger partial charge is 0.225 e. The van der Waals surface area contributed by atoms with Gasteiger partial charge in [-0.1, -0.05) is 19.0 Å². The van der Waals surface area contributed by atoms with Crippen molar-refractivity contribution in [3.8, 4) is 0 Å². The third kappa shape index (κ3) is 4.18. The number of amidine groups is 1. The number of hydrogen-bond donors (Lipinski definition) is 2. The number of nitrogens with zero attached hydrogens (tertiary/aromatic N) is 2. The zero-order valence-electron chi connectivity index (χ0n) is 9.90. The highest BCUT2D eigenvalue weighted by Crippen LogP contribution is 2.09. The quantitative estimate of drug-likeness (QED) is 0.311. The van der Waals surface area contributed by atoms with E-state index in [9.17, 15) is 4.79 Å². The third-order valence-electron chi connectivity index (χ3n) is 2.68. The molecule has 3 N–H and O–H groups in total. The Kier molecular flexibility index (Phi) is 5.74. The highest BCUT2D eigenvalue weighted by Gasteiger charge is 2.20. The Balaban J connectivity index is 4.31. The van der Waals surface area contributed by atoms with Crippen molar-refractivity contribution in [3.05, 3.63) is 0 Å². The summed E-state index contributed by atoms with van der Waals surface area (Å²) in [6.07, 6.45) is 1.20. The maximum Gasteiger partial charge on any atom is 0.225 e. The van der Waals surface area contributed by atoms with Crippen molar-refractivity contribution < 1.29 is 10.0 Å². The summed E-state index contributed by atoms with van der Waals surface area (Å²) in [5.41, 5.74) is 5.38. The Morgan fingerprint density at radius 2 is 2.07 bits per heavy atom. The molecule has 0 fully saturated rings. The predicted molar refractivity (Wildman–Crippen MR) is 59.7 cm³/mol. The van der Waals surface area contributed by atoms with Crippen LogP contribution in [0.3, 0.4) is 0 Å². The van der Waals surface area contributed by atoms with Gasteiger partial charge in [0.1, 0.15) is 5.84 Å². The number of hydrogen-bond acceptors (Lipinski definition) is 3. The third-order valence-corrected chi connectivity index (χ3v) is 2.68. The van der Waals surface area contributed by atoms with Crippen molar-refractivity contribution in [3.63, 3.8) is 0 Å². The molecule has 88 valence electrons. The molecular weight excluding hydrogens is 194 g/mol. The molecule has 0 bridgehead atoms. The van der Waals surface area contributed by atoms with Crippen molar-refractivity contribution in [2.45, 2.75) is 39.7 Å². The molecule has 0 saturated heterocycles. The van der Waals surface area contributed by atoms with Gasteiger partial charge in [-0.3, -0.25) is 4.79 Å². The Labute approximate surface area is 90.9 Å². The number of carbonyl (C=O) groups excluding carboxylic acids is 1. The molecule has 1 amide bonds. The summed E-state index contributed by atoms with van der Waals surface area (Å²) in [7, 11) is 1.74. The van der Waals surface area contributed by atoms with Crippen molar-refractivity contribution in [2.75, 3.05) is 7.05 Å². The minimum atomic E-state index is -0.0533. The molecule has 5 nitrogen and oxygen atoms in total. The molecule has 5 heteroatoms. The summed E-state index contributed by atoms with van der Waals surface area (Å²) in [6.45, 7) is 5.75. The van der Waals surface area contributed by atoms with Crippen LogP contribution in [0.25, 0.3) is 0 Å². The maximum atomic E-state index is 11.8. The average Bonchev–Trinajstić information content (AvgIpc) is 2.25. The highest BCUT2D eigenvalue weighted by molar-refractivity contribution is 5.82. The standard InChI is InChI=1S/C10H21N3O2/c1-5-7(2)10(14)13(4)8(3)6-9(11)12-15/h7-8,15H,5-6H2,1-4H3,(H2,11,12). The lowest BCUT2D eigenvalue weighted by atomic mass is 10.1. The van der Waals surface area contributed by atoms with Gasteiger partial charge in [0.05, 0.1) is 0 Å². The largest absolute Gasteiger partial charge is 0.409 e. The van der Waals surface area contributed by atoms with Gasteiger partial charge in [0.2, 0.25) is 5.91 Å². The van der Waals surface area contributed by atoms with Crippen LogP contribution in [0.5, 0.6) is 0 Å². The second-order valence-corrected chi connectivity index (χ2v) is 3.90. The number of carbonyl (C=O) groups is 1. The van der Waals surface area contributed by atoms with Gasteiger partial charge in [0.25, 0.3) is 0 Å². The molecule has 0 aromatic carbocycles. The van der Waals surface area contributed by atoms with E-state index < -0.39 is 0 Å². The van der Waals surface area contributed by atoms with Gasteiger partial charge in [0.15, 0.2) is 0 Å². The summed E-state index contributed by atoms with van der Waals surface area (Å²) in [6, 6.07) is -0.0533. The Hall–Kier alpha value is -1.26. The van der Waals surface area contributed by atoms with E-state index in [0.29, 0.717) is 6.42 Å². The summed E-state index contributed by atoms with van der Waals surface area (Å²) in [4.78, 5) is 13.4. The molecule has 0 saturated carbocycles. The van der Waals surface area contributed by atoms with E-state index in [0.717, 1.165) is 6.42 Å². The fourth-order valence-corrected chi connectivity index (χ4v) is 1.22. The number of oxime groups is 1. The van der Waals surface area contributed by atoms with Crippen LogP contribution in [0.1, 0.15) is 33.6 Å². The Bertz CT molecular complexity index is 241. The van der Waals surface area contributed by atoms with Crippen LogP contribution >= 0.6 is 0 Å². The summed E-state index contributed by atoms with van der Waals surface area (Å²) < 4.78 is 0. The molecule has 15 heavy (non-hydrogen) atoms. The first-order valence-electron chi connectivity index (χ1n) is 5.17. The van der Waals surface area contributed by atoms with Crippen LogP contribution in [-0.4, -0.2) is 34.9 Å². The van der Waals surface area contributed by atoms with E-state index in [4.69, 9.17) is 10.9 Å². The fourth-order valence-electron chi connectivity index (χ4n) is 1.22. The second kappa shape index (κ2) is 6.27. The van der Waals surface area contributed by atoms with Crippen LogP contribution in [0.4, 0.5) is 0 Å². The van der Waals surface area contributed by atoms with E-state index in [1.54, 1.807) is 11.9 Å². The summed E-state index contributed by atoms with van der Waals surface area (Å²) >= 11 is 0. The van der Waals surface area contributed by atoms with E-state index in [-0.39, 0.29) is 23.7 Å². The van der Waals surface area contributed by atoms with Crippen molar-refractivity contribution in [1.82, 2.24) is 4.90 Å². The molecule has 0 aliphatic heterocycles. The lowest BCUT2D eigenvalue weighted by molar-refractivity contribution is -0.135. The minimum absolute atomic E-state index is 0.0183. The monoisotopic (exact) mass is 215 g/mol. The van der Waals surface area contributed by atoms with Crippen molar-refractivity contribution in [2.24, 2.45) is 16.8 Å². The zero-order chi connectivity index (χ0) is 12.0. The molecule has 0 aliphatic rings. The van der Waals surface area contributed by atoms with E-state index in [2.05, 4.69) is 5.16 Å². The first kappa shape index (κ1) is 13.7. The molecule has 0 spiro atoms. The molecule has 0 rings (SSSR count). The van der Waals surface area contributed by atoms with Gasteiger partial charge in [0, 0.05) is 25.4 Å². The lowest BCUT2D eigenvalue weighted by Gasteiger charge is -2.27. The minimum Gasteiger partial charge on any atom is -0.409 e. The van der Waals surface area contributed by atoms with Gasteiger partial charge in [-0.15, -0.1) is 0 Å². The second-order valence-electron chi connectivity index (χ2n) is 3.90. The van der Waals surface area contributed by atoms with Gasteiger partial charge in [-0.2, -0.15) is 0 Å². The molecule has 0 aromatic rings. The maximum absolute atomic E-state index is 11.8. The Morgan fingerprint density at radius 1 is 1.53 bits per heavy atom. The Morgan fingerprint density at radius 3 is 2.47 bits per heavy atom. The molecule has 2 unspecified atom stereocenters. The summed E-state index contributed by atoms with van der Waals surface area (Å²) in [5.74, 6) is 0.256. The molecule has 0 aliphatic carbocycles. The molecule has 0 heterocycles. The van der Waals surface area contributed by atoms with Gasteiger partial charge < -0.3 is 15.8 Å². The first-order chi connectivity index (χ1) is 6.93. The number of rotatable bonds is 5. The number of nitrogens with two attached hydrogens (primary N) is 1. The lowest BCUT2D eigenvalue weighted by Crippen LogP contribution is -2.40. The van der Waals surface area contributed by atoms with Gasteiger partial charge in [-0.25, -0.2) is 0 Å². The molecule has 0 aromatic heterocycles. The average molecular weight is 215 g/mol. The van der Waals surface area contributed by atoms with Crippen molar-refractivity contribution in [1.29, 1.82) is 0 Å². The molecule has 0 radical (unpaired) electrons. The first-order valence-corrected chi connectivity index (χ1v) is 5.17. The summed E-state index contributed by atoms with van der Waals surface area (Å²) in [5, 5.41) is 11.3. The van der Waals surface area contributed by atoms with E-state index >= 15 is 0 Å². The van der Waals surface area contributed by atoms with Gasteiger partial charge >= 0.3 is 0 Å². The van der Waals surface area contributed by atoms with Gasteiger partial charge in [-0.05, 0) is 13.3 Å². The molecule has 2 atom stereocenters. The fraction of sp³-hybridized carbons (Fsp3) is 0.800. The molecular formula is C10H21N3O2. The van der Waals surface area contributed by atoms with Crippen LogP contribution in [-0.2, 0) is 4.79 Å². The van der Waals surface area contributed by atoms with Crippen LogP contribution in [0.15, 0.2) is 5.16 Å². The number of amides is 1. The van der Waals surface area contributed by atoms with E-state index in [1.165, 1.54) is 0 Å². The van der Waals surface area contributed by atoms with Crippen molar-refractivity contribution >= 4 is 11.7 Å². The van der Waals surface area contributed by atoms with Crippen LogP contribution < -0.4 is 5.73 Å². The topological polar surface area (TPSA) is 78.9 Å². The SMILES string of the molecule is CCC(C)C(=O)N(C)C(C)CC(N)=NO. The van der Waals surface area contributed by atoms with Crippen LogP contribution in [0, 0.1) is 5.92 Å². The van der Waals surface area contributed by atoms with E-state index in [1.807, 2.05) is 20.8 Å². The highest BCUT2D eigenvalue weighted by atomic mass is 16.4. The zero-order valence-corrected chi connectivity index (χ0v) is 9.90. The van der Waals surface area contributed by atoms with Crippen LogP contribution in [0.2, 0.25) is 0 Å².